The molecular weight excluding hydrogens is 326 g/mol. The molecule has 0 radical (unpaired) electrons. The number of aromatic nitrogens is 3. The molecule has 0 bridgehead atoms. The Hall–Kier alpha value is -3.28. The number of nitrogens with zero attached hydrogens (tertiary/aromatic N) is 3. The number of aryl methyl sites for hydroxylation is 2. The van der Waals surface area contributed by atoms with Gasteiger partial charge in [0.1, 0.15) is 0 Å². The van der Waals surface area contributed by atoms with Gasteiger partial charge in [0.05, 0.1) is 6.20 Å². The molecule has 0 spiro atoms. The fraction of sp³-hybridized carbons (Fsp3) is 0.200. The van der Waals surface area contributed by atoms with Gasteiger partial charge in [-0.3, -0.25) is 4.79 Å². The van der Waals surface area contributed by atoms with Crippen LogP contribution in [0.15, 0.2) is 48.7 Å². The Morgan fingerprint density at radius 1 is 1.12 bits per heavy atom. The first-order valence-electron chi connectivity index (χ1n) is 8.50. The number of rotatable bonds is 6. The average Bonchev–Trinajstić information content (AvgIpc) is 2.64. The highest BCUT2D eigenvalue weighted by molar-refractivity contribution is 5.95. The molecular formula is C20H21N5O. The van der Waals surface area contributed by atoms with Crippen LogP contribution in [0.3, 0.4) is 0 Å². The number of hydrogen-bond acceptors (Lipinski definition) is 6. The number of benzene rings is 2. The van der Waals surface area contributed by atoms with E-state index in [0.29, 0.717) is 17.3 Å². The van der Waals surface area contributed by atoms with Crippen molar-refractivity contribution in [1.29, 1.82) is 0 Å². The highest BCUT2D eigenvalue weighted by Crippen LogP contribution is 2.25. The normalized spacial score (nSPS) is 10.4. The predicted molar refractivity (Wildman–Crippen MR) is 103 cm³/mol. The fourth-order valence-electron chi connectivity index (χ4n) is 2.69. The Bertz CT molecular complexity index is 939. The third-order valence-electron chi connectivity index (χ3n) is 4.08. The largest absolute Gasteiger partial charge is 0.338 e. The summed E-state index contributed by atoms with van der Waals surface area (Å²) in [6, 6.07) is 13.4. The third kappa shape index (κ3) is 4.03. The van der Waals surface area contributed by atoms with Gasteiger partial charge in [-0.25, -0.2) is 0 Å². The molecule has 0 amide bonds. The van der Waals surface area contributed by atoms with Gasteiger partial charge in [-0.1, -0.05) is 37.3 Å². The number of nitrogens with one attached hydrogen (secondary N) is 2. The summed E-state index contributed by atoms with van der Waals surface area (Å²) in [5, 5.41) is 14.5. The summed E-state index contributed by atoms with van der Waals surface area (Å²) in [6.45, 7) is 5.71. The van der Waals surface area contributed by atoms with Crippen molar-refractivity contribution in [2.45, 2.75) is 27.2 Å². The molecule has 6 heteroatoms. The number of Topliss-reactive ketones (excluding diaryl/α,β-unsaturated/α-hetero) is 1. The smallest absolute Gasteiger partial charge is 0.249 e. The standard InChI is InChI=1S/C20H21N5O/c1-4-15-8-5-7-13(2)19(15)23-18-12-21-25-20(24-18)22-17-10-6-9-16(11-17)14(3)26/h5-12H,4H2,1-3H3,(H2,22,23,24,25). The van der Waals surface area contributed by atoms with E-state index in [1.54, 1.807) is 18.3 Å². The molecule has 1 heterocycles. The second-order valence-corrected chi connectivity index (χ2v) is 6.01. The van der Waals surface area contributed by atoms with E-state index in [-0.39, 0.29) is 5.78 Å². The highest BCUT2D eigenvalue weighted by Gasteiger charge is 2.08. The number of hydrogen-bond donors (Lipinski definition) is 2. The monoisotopic (exact) mass is 347 g/mol. The minimum Gasteiger partial charge on any atom is -0.338 e. The van der Waals surface area contributed by atoms with Crippen LogP contribution in [0.5, 0.6) is 0 Å². The van der Waals surface area contributed by atoms with E-state index in [1.807, 2.05) is 18.2 Å². The van der Waals surface area contributed by atoms with Gasteiger partial charge in [-0.2, -0.15) is 10.1 Å². The van der Waals surface area contributed by atoms with E-state index in [4.69, 9.17) is 0 Å². The highest BCUT2D eigenvalue weighted by atomic mass is 16.1. The Morgan fingerprint density at radius 3 is 2.69 bits per heavy atom. The van der Waals surface area contributed by atoms with Crippen LogP contribution in [-0.4, -0.2) is 21.0 Å². The molecule has 26 heavy (non-hydrogen) atoms. The second kappa shape index (κ2) is 7.74. The first-order valence-corrected chi connectivity index (χ1v) is 8.50. The van der Waals surface area contributed by atoms with Crippen molar-refractivity contribution >= 4 is 28.9 Å². The molecule has 0 atom stereocenters. The van der Waals surface area contributed by atoms with Gasteiger partial charge < -0.3 is 10.6 Å². The maximum absolute atomic E-state index is 11.5. The Morgan fingerprint density at radius 2 is 1.92 bits per heavy atom. The Labute approximate surface area is 152 Å². The maximum Gasteiger partial charge on any atom is 0.249 e. The molecule has 6 nitrogen and oxygen atoms in total. The third-order valence-corrected chi connectivity index (χ3v) is 4.08. The molecule has 0 aliphatic heterocycles. The molecule has 132 valence electrons. The van der Waals surface area contributed by atoms with E-state index in [2.05, 4.69) is 51.8 Å². The molecule has 3 rings (SSSR count). The number of carbonyl (C=O) groups excluding carboxylic acids is 1. The van der Waals surface area contributed by atoms with Crippen LogP contribution in [0.4, 0.5) is 23.1 Å². The Balaban J connectivity index is 1.83. The quantitative estimate of drug-likeness (QED) is 0.642. The van der Waals surface area contributed by atoms with E-state index in [0.717, 1.165) is 23.4 Å². The zero-order valence-electron chi connectivity index (χ0n) is 15.1. The summed E-state index contributed by atoms with van der Waals surface area (Å²) in [5.41, 5.74) is 4.77. The summed E-state index contributed by atoms with van der Waals surface area (Å²) in [7, 11) is 0. The lowest BCUT2D eigenvalue weighted by molar-refractivity contribution is 0.101. The van der Waals surface area contributed by atoms with Crippen LogP contribution < -0.4 is 10.6 Å². The molecule has 0 saturated heterocycles. The number of anilines is 4. The summed E-state index contributed by atoms with van der Waals surface area (Å²) < 4.78 is 0. The summed E-state index contributed by atoms with van der Waals surface area (Å²) in [5.74, 6) is 0.978. The Kier molecular flexibility index (Phi) is 5.22. The van der Waals surface area contributed by atoms with E-state index < -0.39 is 0 Å². The maximum atomic E-state index is 11.5. The van der Waals surface area contributed by atoms with Crippen molar-refractivity contribution in [1.82, 2.24) is 15.2 Å². The van der Waals surface area contributed by atoms with Crippen LogP contribution in [0, 0.1) is 6.92 Å². The summed E-state index contributed by atoms with van der Waals surface area (Å²) in [6.07, 6.45) is 2.51. The molecule has 0 aliphatic carbocycles. The van der Waals surface area contributed by atoms with Gasteiger partial charge in [0.2, 0.25) is 5.95 Å². The van der Waals surface area contributed by atoms with Crippen molar-refractivity contribution in [3.8, 4) is 0 Å². The fourth-order valence-corrected chi connectivity index (χ4v) is 2.69. The van der Waals surface area contributed by atoms with Crippen molar-refractivity contribution in [3.05, 3.63) is 65.4 Å². The van der Waals surface area contributed by atoms with Crippen LogP contribution in [0.2, 0.25) is 0 Å². The van der Waals surface area contributed by atoms with Gasteiger partial charge in [-0.15, -0.1) is 5.10 Å². The van der Waals surface area contributed by atoms with E-state index >= 15 is 0 Å². The molecule has 0 saturated carbocycles. The van der Waals surface area contributed by atoms with Gasteiger partial charge in [0.15, 0.2) is 11.6 Å². The minimum absolute atomic E-state index is 0.00904. The van der Waals surface area contributed by atoms with Crippen LogP contribution in [-0.2, 0) is 6.42 Å². The molecule has 3 aromatic rings. The number of ketones is 1. The zero-order chi connectivity index (χ0) is 18.5. The van der Waals surface area contributed by atoms with E-state index in [9.17, 15) is 4.79 Å². The SMILES string of the molecule is CCc1cccc(C)c1Nc1cnnc(Nc2cccc(C(C)=O)c2)n1. The molecule has 0 unspecified atom stereocenters. The average molecular weight is 347 g/mol. The van der Waals surface area contributed by atoms with Gasteiger partial charge in [-0.05, 0) is 43.5 Å². The number of para-hydroxylation sites is 1. The predicted octanol–water partition coefficient (Wildman–Crippen LogP) is 4.43. The molecule has 0 fully saturated rings. The van der Waals surface area contributed by atoms with Crippen molar-refractivity contribution < 1.29 is 4.79 Å². The topological polar surface area (TPSA) is 79.8 Å². The van der Waals surface area contributed by atoms with E-state index in [1.165, 1.54) is 12.5 Å². The molecule has 2 N–H and O–H groups in total. The molecule has 0 aliphatic rings. The van der Waals surface area contributed by atoms with Gasteiger partial charge in [0, 0.05) is 16.9 Å². The lowest BCUT2D eigenvalue weighted by Gasteiger charge is -2.13. The summed E-state index contributed by atoms with van der Waals surface area (Å²) in [4.78, 5) is 16.0. The van der Waals surface area contributed by atoms with Gasteiger partial charge >= 0.3 is 0 Å². The van der Waals surface area contributed by atoms with Crippen LogP contribution in [0.25, 0.3) is 0 Å². The number of carbonyl (C=O) groups is 1. The first kappa shape index (κ1) is 17.5. The lowest BCUT2D eigenvalue weighted by Crippen LogP contribution is -2.05. The minimum atomic E-state index is 0.00904. The van der Waals surface area contributed by atoms with Crippen molar-refractivity contribution in [3.63, 3.8) is 0 Å². The lowest BCUT2D eigenvalue weighted by atomic mass is 10.1. The van der Waals surface area contributed by atoms with Gasteiger partial charge in [0.25, 0.3) is 0 Å². The summed E-state index contributed by atoms with van der Waals surface area (Å²) >= 11 is 0. The second-order valence-electron chi connectivity index (χ2n) is 6.01. The van der Waals surface area contributed by atoms with Crippen molar-refractivity contribution in [2.24, 2.45) is 0 Å². The molecule has 1 aromatic heterocycles. The van der Waals surface area contributed by atoms with Crippen LogP contribution >= 0.6 is 0 Å². The molecule has 2 aromatic carbocycles. The van der Waals surface area contributed by atoms with Crippen molar-refractivity contribution in [2.75, 3.05) is 10.6 Å². The van der Waals surface area contributed by atoms with Crippen LogP contribution in [0.1, 0.15) is 35.3 Å². The zero-order valence-corrected chi connectivity index (χ0v) is 15.1. The first-order chi connectivity index (χ1) is 12.6.